The summed E-state index contributed by atoms with van der Waals surface area (Å²) in [6, 6.07) is -4.23. The molecule has 1 aliphatic carbocycles. The van der Waals surface area contributed by atoms with E-state index in [1.165, 1.54) is 0 Å². The minimum absolute atomic E-state index is 0.0168. The van der Waals surface area contributed by atoms with Crippen molar-refractivity contribution in [3.05, 3.63) is 0 Å². The molecule has 15 atom stereocenters. The Morgan fingerprint density at radius 1 is 0.951 bits per heavy atom. The normalized spacial score (nSPS) is 44.1. The van der Waals surface area contributed by atoms with Crippen molar-refractivity contribution in [1.82, 2.24) is 5.32 Å². The SMILES string of the molecule is NCC(O)C(=O)NC1CC(N)C(OC2OC(CN)C(O)CC2N=C(N)N)C(O)C1OC1OC(CO)C(O)C(N)C1O. The van der Waals surface area contributed by atoms with Gasteiger partial charge in [0.05, 0.1) is 30.9 Å². The first-order valence-corrected chi connectivity index (χ1v) is 13.3. The van der Waals surface area contributed by atoms with Crippen molar-refractivity contribution >= 4 is 11.9 Å². The van der Waals surface area contributed by atoms with Gasteiger partial charge >= 0.3 is 0 Å². The number of rotatable bonds is 10. The number of nitrogens with two attached hydrogens (primary N) is 6. The fourth-order valence-electron chi connectivity index (χ4n) is 5.17. The van der Waals surface area contributed by atoms with Gasteiger partial charge in [0.15, 0.2) is 18.5 Å². The minimum Gasteiger partial charge on any atom is -0.394 e. The number of nitrogens with zero attached hydrogens (tertiary/aromatic N) is 1. The third kappa shape index (κ3) is 7.77. The lowest BCUT2D eigenvalue weighted by atomic mass is 9.83. The first-order chi connectivity index (χ1) is 19.3. The molecule has 2 aliphatic heterocycles. The van der Waals surface area contributed by atoms with Gasteiger partial charge in [-0.1, -0.05) is 0 Å². The molecular weight excluding hydrogens is 552 g/mol. The van der Waals surface area contributed by atoms with Crippen LogP contribution >= 0.6 is 0 Å². The highest BCUT2D eigenvalue weighted by Gasteiger charge is 2.51. The summed E-state index contributed by atoms with van der Waals surface area (Å²) in [7, 11) is 0. The average molecular weight is 597 g/mol. The van der Waals surface area contributed by atoms with Gasteiger partial charge in [-0.2, -0.15) is 0 Å². The summed E-state index contributed by atoms with van der Waals surface area (Å²) in [4.78, 5) is 16.5. The van der Waals surface area contributed by atoms with Gasteiger partial charge < -0.3 is 89.3 Å². The number of aliphatic imine (C=N–C) groups is 1. The lowest BCUT2D eigenvalue weighted by molar-refractivity contribution is -0.315. The number of aliphatic hydroxyl groups is 6. The topological polar surface area (TPSA) is 356 Å². The van der Waals surface area contributed by atoms with Crippen LogP contribution in [0.1, 0.15) is 12.8 Å². The summed E-state index contributed by atoms with van der Waals surface area (Å²) >= 11 is 0. The molecule has 0 radical (unpaired) electrons. The van der Waals surface area contributed by atoms with Crippen molar-refractivity contribution in [2.24, 2.45) is 39.4 Å². The Hall–Kier alpha value is -1.82. The van der Waals surface area contributed by atoms with Crippen LogP contribution in [0.3, 0.4) is 0 Å². The van der Waals surface area contributed by atoms with Crippen molar-refractivity contribution in [3.63, 3.8) is 0 Å². The van der Waals surface area contributed by atoms with E-state index in [9.17, 15) is 35.4 Å². The summed E-state index contributed by atoms with van der Waals surface area (Å²) in [5, 5.41) is 64.6. The van der Waals surface area contributed by atoms with Gasteiger partial charge in [0.2, 0.25) is 5.91 Å². The Balaban J connectivity index is 1.88. The highest BCUT2D eigenvalue weighted by atomic mass is 16.7. The molecule has 3 fully saturated rings. The van der Waals surface area contributed by atoms with Crippen LogP contribution in [-0.4, -0.2) is 154 Å². The number of carbonyl (C=O) groups is 1. The van der Waals surface area contributed by atoms with Crippen LogP contribution in [0.4, 0.5) is 0 Å². The summed E-state index contributed by atoms with van der Waals surface area (Å²) in [5.41, 5.74) is 34.4. The Kier molecular flexibility index (Phi) is 12.0. The van der Waals surface area contributed by atoms with Crippen LogP contribution in [0.15, 0.2) is 4.99 Å². The van der Waals surface area contributed by atoms with Gasteiger partial charge in [-0.25, -0.2) is 4.99 Å². The molecule has 2 heterocycles. The molecule has 15 unspecified atom stereocenters. The standard InChI is InChI=1S/C22H44N8O11/c23-3-10(33)19(37)29-7-1-6(25)17(40-20-8(30-22(27)28)2-9(32)11(4-24)38-20)16(36)18(7)41-21-15(35)13(26)14(34)12(5-31)39-21/h6-18,20-21,31-36H,1-5,23-26H2,(H,29,37)(H4,27,28,30). The molecule has 19 nitrogen and oxygen atoms in total. The van der Waals surface area contributed by atoms with E-state index in [-0.39, 0.29) is 31.9 Å². The second-order valence-electron chi connectivity index (χ2n) is 10.4. The maximum atomic E-state index is 12.5. The van der Waals surface area contributed by atoms with Crippen LogP contribution in [0.2, 0.25) is 0 Å². The molecule has 3 aliphatic rings. The second kappa shape index (κ2) is 14.6. The van der Waals surface area contributed by atoms with Crippen LogP contribution in [0.5, 0.6) is 0 Å². The molecule has 2 saturated heterocycles. The molecule has 19 N–H and O–H groups in total. The predicted molar refractivity (Wildman–Crippen MR) is 139 cm³/mol. The zero-order valence-electron chi connectivity index (χ0n) is 22.3. The zero-order chi connectivity index (χ0) is 30.6. The molecule has 1 saturated carbocycles. The maximum absolute atomic E-state index is 12.5. The highest BCUT2D eigenvalue weighted by molar-refractivity contribution is 5.81. The van der Waals surface area contributed by atoms with Crippen molar-refractivity contribution in [1.29, 1.82) is 0 Å². The number of carbonyl (C=O) groups excluding carboxylic acids is 1. The van der Waals surface area contributed by atoms with Crippen LogP contribution in [-0.2, 0) is 23.7 Å². The van der Waals surface area contributed by atoms with Gasteiger partial charge in [-0.15, -0.1) is 0 Å². The lowest BCUT2D eigenvalue weighted by Gasteiger charge is -2.48. The molecule has 19 heteroatoms. The number of ether oxygens (including phenoxy) is 4. The number of aliphatic hydroxyl groups excluding tert-OH is 6. The fraction of sp³-hybridized carbons (Fsp3) is 0.909. The van der Waals surface area contributed by atoms with E-state index in [0.29, 0.717) is 0 Å². The average Bonchev–Trinajstić information content (AvgIpc) is 2.93. The number of hydrogen-bond donors (Lipinski definition) is 13. The zero-order valence-corrected chi connectivity index (χ0v) is 22.3. The molecule has 0 spiro atoms. The van der Waals surface area contributed by atoms with Gasteiger partial charge in [0, 0.05) is 25.6 Å². The summed E-state index contributed by atoms with van der Waals surface area (Å²) in [6.07, 6.45) is -14.8. The van der Waals surface area contributed by atoms with Gasteiger partial charge in [0.1, 0.15) is 48.8 Å². The van der Waals surface area contributed by atoms with Gasteiger partial charge in [-0.05, 0) is 6.42 Å². The predicted octanol–water partition coefficient (Wildman–Crippen LogP) is -8.50. The molecule has 1 amide bonds. The van der Waals surface area contributed by atoms with Crippen LogP contribution < -0.4 is 39.7 Å². The van der Waals surface area contributed by atoms with E-state index in [4.69, 9.17) is 53.3 Å². The first kappa shape index (κ1) is 33.7. The van der Waals surface area contributed by atoms with Crippen LogP contribution in [0.25, 0.3) is 0 Å². The lowest BCUT2D eigenvalue weighted by Crippen LogP contribution is -2.69. The maximum Gasteiger partial charge on any atom is 0.250 e. The van der Waals surface area contributed by atoms with E-state index >= 15 is 0 Å². The van der Waals surface area contributed by atoms with E-state index in [2.05, 4.69) is 10.3 Å². The van der Waals surface area contributed by atoms with Gasteiger partial charge in [0.25, 0.3) is 0 Å². The molecule has 0 aromatic rings. The number of guanidine groups is 1. The third-order valence-electron chi connectivity index (χ3n) is 7.47. The summed E-state index contributed by atoms with van der Waals surface area (Å²) in [6.45, 7) is -1.11. The van der Waals surface area contributed by atoms with E-state index in [1.807, 2.05) is 0 Å². The van der Waals surface area contributed by atoms with Crippen molar-refractivity contribution in [2.45, 2.75) is 105 Å². The van der Waals surface area contributed by atoms with Gasteiger partial charge in [-0.3, -0.25) is 4.79 Å². The number of amides is 1. The third-order valence-corrected chi connectivity index (χ3v) is 7.47. The minimum atomic E-state index is -1.64. The molecule has 3 rings (SSSR count). The fourth-order valence-corrected chi connectivity index (χ4v) is 5.17. The smallest absolute Gasteiger partial charge is 0.250 e. The molecule has 0 bridgehead atoms. The Labute approximate surface area is 235 Å². The monoisotopic (exact) mass is 596 g/mol. The number of nitrogens with one attached hydrogen (secondary N) is 1. The largest absolute Gasteiger partial charge is 0.394 e. The molecule has 41 heavy (non-hydrogen) atoms. The quantitative estimate of drug-likeness (QED) is 0.0821. The summed E-state index contributed by atoms with van der Waals surface area (Å²) < 4.78 is 23.2. The molecule has 0 aromatic heterocycles. The Morgan fingerprint density at radius 2 is 1.59 bits per heavy atom. The molecule has 0 aromatic carbocycles. The second-order valence-corrected chi connectivity index (χ2v) is 10.4. The van der Waals surface area contributed by atoms with E-state index in [0.717, 1.165) is 0 Å². The first-order valence-electron chi connectivity index (χ1n) is 13.3. The molecular formula is C22H44N8O11. The van der Waals surface area contributed by atoms with E-state index < -0.39 is 104 Å². The molecule has 238 valence electrons. The van der Waals surface area contributed by atoms with Crippen molar-refractivity contribution in [3.8, 4) is 0 Å². The number of hydrogen-bond acceptors (Lipinski definition) is 16. The van der Waals surface area contributed by atoms with Crippen molar-refractivity contribution < 1.29 is 54.4 Å². The highest BCUT2D eigenvalue weighted by Crippen LogP contribution is 2.32. The van der Waals surface area contributed by atoms with Crippen molar-refractivity contribution in [2.75, 3.05) is 19.7 Å². The summed E-state index contributed by atoms with van der Waals surface area (Å²) in [5.74, 6) is -1.18. The Morgan fingerprint density at radius 3 is 2.17 bits per heavy atom. The Bertz CT molecular complexity index is 886. The van der Waals surface area contributed by atoms with Crippen LogP contribution in [0, 0.1) is 0 Å². The van der Waals surface area contributed by atoms with E-state index in [1.54, 1.807) is 0 Å².